The Bertz CT molecular complexity index is 782. The van der Waals surface area contributed by atoms with Crippen molar-refractivity contribution in [2.24, 2.45) is 5.92 Å². The molecule has 1 aromatic heterocycles. The summed E-state index contributed by atoms with van der Waals surface area (Å²) in [5, 5.41) is 0.596. The molecule has 130 valence electrons. The molecule has 7 heteroatoms. The van der Waals surface area contributed by atoms with Gasteiger partial charge in [-0.15, -0.1) is 0 Å². The van der Waals surface area contributed by atoms with Crippen molar-refractivity contribution in [1.29, 1.82) is 0 Å². The third-order valence-corrected chi connectivity index (χ3v) is 4.56. The first-order valence-electron chi connectivity index (χ1n) is 8.04. The molecular formula is C18H19N3O3S. The van der Waals surface area contributed by atoms with Crippen molar-refractivity contribution < 1.29 is 14.3 Å². The number of hydrogen-bond donors (Lipinski definition) is 0. The van der Waals surface area contributed by atoms with Gasteiger partial charge < -0.3 is 9.64 Å². The first-order valence-corrected chi connectivity index (χ1v) is 9.27. The lowest BCUT2D eigenvalue weighted by atomic mass is 9.93. The van der Waals surface area contributed by atoms with Crippen LogP contribution < -0.4 is 4.90 Å². The van der Waals surface area contributed by atoms with Gasteiger partial charge in [-0.3, -0.25) is 9.59 Å². The van der Waals surface area contributed by atoms with Crippen LogP contribution in [0, 0.1) is 5.92 Å². The molecule has 0 amide bonds. The molecule has 0 spiro atoms. The maximum Gasteiger partial charge on any atom is 0.318 e. The number of thioether (sulfide) groups is 1. The van der Waals surface area contributed by atoms with Gasteiger partial charge in [-0.2, -0.15) is 0 Å². The lowest BCUT2D eigenvalue weighted by Crippen LogP contribution is -2.44. The number of fused-ring (bicyclic) bond motifs is 1. The molecular weight excluding hydrogens is 338 g/mol. The van der Waals surface area contributed by atoms with Crippen LogP contribution >= 0.6 is 11.8 Å². The van der Waals surface area contributed by atoms with E-state index in [1.54, 1.807) is 6.92 Å². The topological polar surface area (TPSA) is 72.4 Å². The van der Waals surface area contributed by atoms with Gasteiger partial charge in [0.05, 0.1) is 12.2 Å². The highest BCUT2D eigenvalue weighted by molar-refractivity contribution is 7.98. The molecule has 0 N–H and O–H groups in total. The van der Waals surface area contributed by atoms with Crippen LogP contribution in [0.2, 0.25) is 0 Å². The average Bonchev–Trinajstić information content (AvgIpc) is 2.64. The Hall–Kier alpha value is -2.41. The summed E-state index contributed by atoms with van der Waals surface area (Å²) >= 11 is 1.41. The molecule has 1 aliphatic heterocycles. The normalized spacial score (nSPS) is 16.5. The van der Waals surface area contributed by atoms with Crippen LogP contribution in [-0.2, 0) is 16.1 Å². The van der Waals surface area contributed by atoms with Gasteiger partial charge in [-0.25, -0.2) is 9.97 Å². The number of hydrogen-bond acceptors (Lipinski definition) is 7. The summed E-state index contributed by atoms with van der Waals surface area (Å²) in [5.74, 6) is -1.04. The van der Waals surface area contributed by atoms with Crippen LogP contribution in [0.3, 0.4) is 0 Å². The van der Waals surface area contributed by atoms with E-state index in [4.69, 9.17) is 4.74 Å². The van der Waals surface area contributed by atoms with Crippen molar-refractivity contribution in [3.63, 3.8) is 0 Å². The van der Waals surface area contributed by atoms with E-state index >= 15 is 0 Å². The van der Waals surface area contributed by atoms with Gasteiger partial charge in [-0.05, 0) is 18.7 Å². The van der Waals surface area contributed by atoms with E-state index in [-0.39, 0.29) is 18.9 Å². The van der Waals surface area contributed by atoms with Crippen molar-refractivity contribution in [1.82, 2.24) is 9.97 Å². The number of ether oxygens (including phenoxy) is 1. The maximum atomic E-state index is 12.7. The third-order valence-electron chi connectivity index (χ3n) is 4.00. The molecule has 0 saturated carbocycles. The van der Waals surface area contributed by atoms with Crippen molar-refractivity contribution in [3.05, 3.63) is 47.7 Å². The SMILES string of the molecule is CCOC(=O)C1CN(Cc2ccccc2)c2nc(SC)ncc2C1=O. The molecule has 0 saturated heterocycles. The molecule has 3 rings (SSSR count). The van der Waals surface area contributed by atoms with Gasteiger partial charge in [0.25, 0.3) is 0 Å². The van der Waals surface area contributed by atoms with Crippen molar-refractivity contribution in [2.75, 3.05) is 24.3 Å². The Balaban J connectivity index is 1.98. The smallest absolute Gasteiger partial charge is 0.318 e. The summed E-state index contributed by atoms with van der Waals surface area (Å²) in [7, 11) is 0. The molecule has 0 fully saturated rings. The highest BCUT2D eigenvalue weighted by Gasteiger charge is 2.38. The Morgan fingerprint density at radius 1 is 1.36 bits per heavy atom. The number of carbonyl (C=O) groups is 2. The standard InChI is InChI=1S/C18H19N3O3S/c1-3-24-17(23)14-11-21(10-12-7-5-4-6-8-12)16-13(15(14)22)9-19-18(20-16)25-2/h4-9,14H,3,10-11H2,1-2H3. The summed E-state index contributed by atoms with van der Waals surface area (Å²) in [5.41, 5.74) is 1.45. The van der Waals surface area contributed by atoms with Crippen molar-refractivity contribution >= 4 is 29.3 Å². The van der Waals surface area contributed by atoms with E-state index in [2.05, 4.69) is 9.97 Å². The third kappa shape index (κ3) is 3.66. The fraction of sp³-hybridized carbons (Fsp3) is 0.333. The Morgan fingerprint density at radius 3 is 2.80 bits per heavy atom. The molecule has 1 aromatic carbocycles. The number of carbonyl (C=O) groups excluding carboxylic acids is 2. The van der Waals surface area contributed by atoms with E-state index in [9.17, 15) is 9.59 Å². The van der Waals surface area contributed by atoms with Crippen LogP contribution in [0.1, 0.15) is 22.8 Å². The quantitative estimate of drug-likeness (QED) is 0.352. The van der Waals surface area contributed by atoms with E-state index in [1.165, 1.54) is 18.0 Å². The molecule has 0 aliphatic carbocycles. The number of Topliss-reactive ketones (excluding diaryl/α,β-unsaturated/α-hetero) is 1. The zero-order valence-corrected chi connectivity index (χ0v) is 15.0. The van der Waals surface area contributed by atoms with Gasteiger partial charge in [-0.1, -0.05) is 42.1 Å². The number of benzene rings is 1. The molecule has 0 bridgehead atoms. The summed E-state index contributed by atoms with van der Waals surface area (Å²) in [6.45, 7) is 2.79. The second-order valence-electron chi connectivity index (χ2n) is 5.63. The number of aromatic nitrogens is 2. The predicted octanol–water partition coefficient (Wildman–Crippen LogP) is 2.58. The summed E-state index contributed by atoms with van der Waals surface area (Å²) in [6, 6.07) is 9.88. The predicted molar refractivity (Wildman–Crippen MR) is 95.8 cm³/mol. The fourth-order valence-electron chi connectivity index (χ4n) is 2.82. The fourth-order valence-corrected chi connectivity index (χ4v) is 3.15. The number of rotatable bonds is 5. The van der Waals surface area contributed by atoms with E-state index in [0.717, 1.165) is 5.56 Å². The molecule has 2 aromatic rings. The number of ketones is 1. The highest BCUT2D eigenvalue weighted by Crippen LogP contribution is 2.30. The van der Waals surface area contributed by atoms with Gasteiger partial charge in [0.1, 0.15) is 11.7 Å². The Morgan fingerprint density at radius 2 is 2.12 bits per heavy atom. The van der Waals surface area contributed by atoms with Crippen LogP contribution in [0.4, 0.5) is 5.82 Å². The number of nitrogens with zero attached hydrogens (tertiary/aromatic N) is 3. The molecule has 0 radical (unpaired) electrons. The Kier molecular flexibility index (Phi) is 5.33. The van der Waals surface area contributed by atoms with Crippen LogP contribution in [0.5, 0.6) is 0 Å². The summed E-state index contributed by atoms with van der Waals surface area (Å²) in [4.78, 5) is 35.6. The van der Waals surface area contributed by atoms with Gasteiger partial charge >= 0.3 is 5.97 Å². The second kappa shape index (κ2) is 7.65. The van der Waals surface area contributed by atoms with E-state index < -0.39 is 11.9 Å². The first-order chi connectivity index (χ1) is 12.1. The molecule has 25 heavy (non-hydrogen) atoms. The summed E-state index contributed by atoms with van der Waals surface area (Å²) < 4.78 is 5.08. The summed E-state index contributed by atoms with van der Waals surface area (Å²) in [6.07, 6.45) is 3.40. The zero-order valence-electron chi connectivity index (χ0n) is 14.1. The largest absolute Gasteiger partial charge is 0.465 e. The van der Waals surface area contributed by atoms with Crippen molar-refractivity contribution in [2.45, 2.75) is 18.6 Å². The van der Waals surface area contributed by atoms with Crippen LogP contribution in [0.15, 0.2) is 41.7 Å². The molecule has 6 nitrogen and oxygen atoms in total. The number of anilines is 1. The van der Waals surface area contributed by atoms with E-state index in [1.807, 2.05) is 41.5 Å². The molecule has 1 atom stereocenters. The van der Waals surface area contributed by atoms with Gasteiger partial charge in [0.2, 0.25) is 0 Å². The molecule has 1 aliphatic rings. The van der Waals surface area contributed by atoms with Gasteiger partial charge in [0, 0.05) is 19.3 Å². The molecule has 2 heterocycles. The van der Waals surface area contributed by atoms with E-state index in [0.29, 0.717) is 23.1 Å². The first kappa shape index (κ1) is 17.4. The zero-order chi connectivity index (χ0) is 17.8. The lowest BCUT2D eigenvalue weighted by Gasteiger charge is -2.33. The average molecular weight is 357 g/mol. The monoisotopic (exact) mass is 357 g/mol. The minimum atomic E-state index is -0.847. The minimum Gasteiger partial charge on any atom is -0.465 e. The lowest BCUT2D eigenvalue weighted by molar-refractivity contribution is -0.145. The van der Waals surface area contributed by atoms with Crippen LogP contribution in [-0.4, -0.2) is 41.1 Å². The highest BCUT2D eigenvalue weighted by atomic mass is 32.2. The van der Waals surface area contributed by atoms with Gasteiger partial charge in [0.15, 0.2) is 10.9 Å². The second-order valence-corrected chi connectivity index (χ2v) is 6.40. The molecule has 1 unspecified atom stereocenters. The maximum absolute atomic E-state index is 12.7. The van der Waals surface area contributed by atoms with Crippen LogP contribution in [0.25, 0.3) is 0 Å². The minimum absolute atomic E-state index is 0.246. The Labute approximate surface area is 150 Å². The van der Waals surface area contributed by atoms with Crippen molar-refractivity contribution in [3.8, 4) is 0 Å². The number of esters is 1.